The summed E-state index contributed by atoms with van der Waals surface area (Å²) in [6.45, 7) is 7.04. The van der Waals surface area contributed by atoms with Crippen LogP contribution in [0, 0.1) is 11.8 Å². The van der Waals surface area contributed by atoms with E-state index < -0.39 is 23.7 Å². The summed E-state index contributed by atoms with van der Waals surface area (Å²) in [5.41, 5.74) is 0.741. The second kappa shape index (κ2) is 12.0. The number of amides is 2. The van der Waals surface area contributed by atoms with Crippen molar-refractivity contribution in [3.63, 3.8) is 0 Å². The third-order valence-corrected chi connectivity index (χ3v) is 8.65. The fourth-order valence-electron chi connectivity index (χ4n) is 6.23. The van der Waals surface area contributed by atoms with Crippen molar-refractivity contribution in [2.75, 3.05) is 39.3 Å². The van der Waals surface area contributed by atoms with E-state index in [1.54, 1.807) is 17.3 Å². The third kappa shape index (κ3) is 6.08. The SMILES string of the molecule is CCOC1(c2cccnc2)C=CC(N2CCN(C(=O)[C@H]3C[C@@H](C(F)(F)F)C3)C[C@H]2CC)=C(C(=O)N[C@@H]2CCNC2)N1. The van der Waals surface area contributed by atoms with Gasteiger partial charge in [-0.2, -0.15) is 13.2 Å². The van der Waals surface area contributed by atoms with Gasteiger partial charge in [0.05, 0.1) is 11.6 Å². The molecule has 1 aliphatic carbocycles. The number of dihydropyridines is 1. The Kier molecular flexibility index (Phi) is 8.60. The molecule has 0 spiro atoms. The summed E-state index contributed by atoms with van der Waals surface area (Å²) in [6.07, 6.45) is 4.20. The first-order valence-electron chi connectivity index (χ1n) is 14.5. The van der Waals surface area contributed by atoms with Crippen LogP contribution in [0.5, 0.6) is 0 Å². The topological polar surface area (TPSA) is 98.8 Å². The molecule has 4 aliphatic rings. The van der Waals surface area contributed by atoms with Gasteiger partial charge in [0.2, 0.25) is 5.91 Å². The maximum absolute atomic E-state index is 13.8. The van der Waals surface area contributed by atoms with E-state index in [1.165, 1.54) is 0 Å². The van der Waals surface area contributed by atoms with Crippen LogP contribution in [-0.2, 0) is 20.1 Å². The number of piperazine rings is 1. The molecule has 9 nitrogen and oxygen atoms in total. The molecule has 224 valence electrons. The molecule has 41 heavy (non-hydrogen) atoms. The Morgan fingerprint density at radius 2 is 2.05 bits per heavy atom. The van der Waals surface area contributed by atoms with Crippen molar-refractivity contribution in [1.82, 2.24) is 30.7 Å². The molecule has 12 heteroatoms. The number of carbonyl (C=O) groups is 2. The van der Waals surface area contributed by atoms with Crippen molar-refractivity contribution in [2.24, 2.45) is 11.8 Å². The normalized spacial score (nSPS) is 30.2. The Morgan fingerprint density at radius 1 is 1.24 bits per heavy atom. The van der Waals surface area contributed by atoms with Crippen LogP contribution in [0.2, 0.25) is 0 Å². The zero-order valence-electron chi connectivity index (χ0n) is 23.5. The minimum absolute atomic E-state index is 0.00304. The number of allylic oxidation sites excluding steroid dienone is 1. The number of hydrogen-bond donors (Lipinski definition) is 3. The monoisotopic (exact) mass is 576 g/mol. The van der Waals surface area contributed by atoms with Crippen molar-refractivity contribution >= 4 is 11.8 Å². The number of nitrogens with one attached hydrogen (secondary N) is 3. The number of halogens is 3. The zero-order chi connectivity index (χ0) is 29.2. The van der Waals surface area contributed by atoms with Gasteiger partial charge in [-0.25, -0.2) is 0 Å². The maximum atomic E-state index is 13.8. The fourth-order valence-corrected chi connectivity index (χ4v) is 6.23. The molecule has 0 radical (unpaired) electrons. The van der Waals surface area contributed by atoms with Gasteiger partial charge in [-0.05, 0) is 57.4 Å². The lowest BCUT2D eigenvalue weighted by Crippen LogP contribution is -2.58. The van der Waals surface area contributed by atoms with E-state index in [0.29, 0.717) is 50.6 Å². The second-order valence-corrected chi connectivity index (χ2v) is 11.2. The first-order valence-corrected chi connectivity index (χ1v) is 14.5. The number of pyridine rings is 1. The number of nitrogens with zero attached hydrogens (tertiary/aromatic N) is 3. The van der Waals surface area contributed by atoms with Gasteiger partial charge in [-0.3, -0.25) is 14.6 Å². The predicted octanol–water partition coefficient (Wildman–Crippen LogP) is 2.63. The van der Waals surface area contributed by atoms with E-state index >= 15 is 0 Å². The van der Waals surface area contributed by atoms with Crippen LogP contribution in [0.25, 0.3) is 0 Å². The van der Waals surface area contributed by atoms with E-state index in [0.717, 1.165) is 18.5 Å². The fraction of sp³-hybridized carbons (Fsp3) is 0.621. The Hall–Kier alpha value is -3.12. The number of rotatable bonds is 8. The minimum Gasteiger partial charge on any atom is -0.363 e. The highest BCUT2D eigenvalue weighted by Gasteiger charge is 2.51. The maximum Gasteiger partial charge on any atom is 0.391 e. The molecule has 2 amide bonds. The smallest absolute Gasteiger partial charge is 0.363 e. The van der Waals surface area contributed by atoms with Crippen LogP contribution in [0.15, 0.2) is 48.1 Å². The first-order chi connectivity index (χ1) is 19.6. The Balaban J connectivity index is 1.39. The lowest BCUT2D eigenvalue weighted by molar-refractivity contribution is -0.206. The van der Waals surface area contributed by atoms with E-state index in [9.17, 15) is 22.8 Å². The Labute approximate surface area is 238 Å². The van der Waals surface area contributed by atoms with Crippen molar-refractivity contribution in [2.45, 2.75) is 63.5 Å². The average molecular weight is 577 g/mol. The van der Waals surface area contributed by atoms with Crippen molar-refractivity contribution < 1.29 is 27.5 Å². The highest BCUT2D eigenvalue weighted by molar-refractivity contribution is 5.95. The van der Waals surface area contributed by atoms with Gasteiger partial charge in [-0.1, -0.05) is 13.0 Å². The van der Waals surface area contributed by atoms with Crippen LogP contribution in [0.4, 0.5) is 13.2 Å². The molecule has 3 atom stereocenters. The second-order valence-electron chi connectivity index (χ2n) is 11.2. The van der Waals surface area contributed by atoms with Crippen LogP contribution in [0.3, 0.4) is 0 Å². The van der Waals surface area contributed by atoms with Gasteiger partial charge in [0.25, 0.3) is 5.91 Å². The lowest BCUT2D eigenvalue weighted by Gasteiger charge is -2.47. The third-order valence-electron chi connectivity index (χ3n) is 8.65. The average Bonchev–Trinajstić information content (AvgIpc) is 3.45. The van der Waals surface area contributed by atoms with Crippen molar-refractivity contribution in [3.05, 3.63) is 53.6 Å². The summed E-state index contributed by atoms with van der Waals surface area (Å²) in [5.74, 6) is -2.40. The number of ether oxygens (including phenoxy) is 1. The van der Waals surface area contributed by atoms with Crippen LogP contribution < -0.4 is 16.0 Å². The molecule has 1 unspecified atom stereocenters. The van der Waals surface area contributed by atoms with Crippen molar-refractivity contribution in [1.29, 1.82) is 0 Å². The number of aromatic nitrogens is 1. The van der Waals surface area contributed by atoms with Crippen molar-refractivity contribution in [3.8, 4) is 0 Å². The van der Waals surface area contributed by atoms with Crippen LogP contribution in [-0.4, -0.2) is 84.2 Å². The predicted molar refractivity (Wildman–Crippen MR) is 146 cm³/mol. The summed E-state index contributed by atoms with van der Waals surface area (Å²) < 4.78 is 45.2. The molecule has 1 aromatic rings. The van der Waals surface area contributed by atoms with Gasteiger partial charge in [0.1, 0.15) is 5.70 Å². The quantitative estimate of drug-likeness (QED) is 0.438. The van der Waals surface area contributed by atoms with Gasteiger partial charge in [0, 0.05) is 68.7 Å². The molecule has 4 heterocycles. The summed E-state index contributed by atoms with van der Waals surface area (Å²) >= 11 is 0. The molecule has 3 aliphatic heterocycles. The van der Waals surface area contributed by atoms with E-state index in [2.05, 4.69) is 25.8 Å². The Bertz CT molecular complexity index is 1160. The summed E-state index contributed by atoms with van der Waals surface area (Å²) in [7, 11) is 0. The number of alkyl halides is 3. The summed E-state index contributed by atoms with van der Waals surface area (Å²) in [5, 5.41) is 9.82. The standard InChI is InChI=1S/C29H39F3N6O3/c1-3-23-18-37(27(40)19-14-21(15-19)29(30,31)32)12-13-38(23)24-7-9-28(41-4-2,20-6-5-10-33-16-20)36-25(24)26(39)35-22-8-11-34-17-22/h5-7,9-10,16,19,21-23,34,36H,3-4,8,11-15,17-18H2,1-2H3,(H,35,39)/t19-,21+,22-,23-,28?/m1/s1. The largest absolute Gasteiger partial charge is 0.391 e. The summed E-state index contributed by atoms with van der Waals surface area (Å²) in [4.78, 5) is 35.0. The molecule has 5 rings (SSSR count). The summed E-state index contributed by atoms with van der Waals surface area (Å²) in [6, 6.07) is 3.60. The van der Waals surface area contributed by atoms with Gasteiger partial charge in [0.15, 0.2) is 5.72 Å². The first kappa shape index (κ1) is 29.4. The minimum atomic E-state index is -4.24. The molecular formula is C29H39F3N6O3. The lowest BCUT2D eigenvalue weighted by atomic mass is 9.73. The molecule has 0 aromatic carbocycles. The highest BCUT2D eigenvalue weighted by Crippen LogP contribution is 2.45. The number of carbonyl (C=O) groups excluding carboxylic acids is 2. The molecule has 3 N–H and O–H groups in total. The van der Waals surface area contributed by atoms with Gasteiger partial charge >= 0.3 is 6.18 Å². The molecule has 1 saturated carbocycles. The van der Waals surface area contributed by atoms with Crippen LogP contribution in [0.1, 0.15) is 45.1 Å². The molecule has 0 bridgehead atoms. The highest BCUT2D eigenvalue weighted by atomic mass is 19.4. The molecular weight excluding hydrogens is 537 g/mol. The Morgan fingerprint density at radius 3 is 2.68 bits per heavy atom. The van der Waals surface area contributed by atoms with E-state index in [1.807, 2.05) is 38.1 Å². The van der Waals surface area contributed by atoms with Gasteiger partial charge < -0.3 is 30.5 Å². The van der Waals surface area contributed by atoms with E-state index in [4.69, 9.17) is 4.74 Å². The molecule has 3 fully saturated rings. The number of hydrogen-bond acceptors (Lipinski definition) is 7. The van der Waals surface area contributed by atoms with Crippen LogP contribution >= 0.6 is 0 Å². The molecule has 1 aromatic heterocycles. The van der Waals surface area contributed by atoms with E-state index in [-0.39, 0.29) is 36.7 Å². The van der Waals surface area contributed by atoms with Gasteiger partial charge in [-0.15, -0.1) is 0 Å². The molecule has 2 saturated heterocycles. The zero-order valence-corrected chi connectivity index (χ0v) is 23.5.